The number of aromatic nitrogens is 5. The van der Waals surface area contributed by atoms with E-state index in [-0.39, 0.29) is 0 Å². The van der Waals surface area contributed by atoms with Gasteiger partial charge in [-0.2, -0.15) is 0 Å². The molecule has 0 aliphatic rings. The summed E-state index contributed by atoms with van der Waals surface area (Å²) in [6, 6.07) is 64.1. The third-order valence-electron chi connectivity index (χ3n) is 10.8. The zero-order valence-electron chi connectivity index (χ0n) is 32.5. The highest BCUT2D eigenvalue weighted by Crippen LogP contribution is 2.38. The standard InChI is InChI=1S/C53H41N5/c1-36(2)31-37-25-27-38(28-26-37)45-34-46(41-19-13-21-43(32-41)52-50(39-15-5-3-6-16-39)55-48-23-9-11-29-57(48)52)54-47(35-45)42-20-14-22-44(33-42)53-51(40-17-7-4-8-18-40)56-49-24-10-12-30-58(49)53/h3-30,32-36H,31H2,1-2H3. The monoisotopic (exact) mass is 747 g/mol. The molecule has 58 heavy (non-hydrogen) atoms. The average Bonchev–Trinajstić information content (AvgIpc) is 3.87. The quantitative estimate of drug-likeness (QED) is 0.148. The maximum Gasteiger partial charge on any atom is 0.137 e. The van der Waals surface area contributed by atoms with Crippen molar-refractivity contribution in [1.29, 1.82) is 0 Å². The highest BCUT2D eigenvalue weighted by atomic mass is 15.0. The summed E-state index contributed by atoms with van der Waals surface area (Å²) in [7, 11) is 0. The van der Waals surface area contributed by atoms with Gasteiger partial charge in [-0.15, -0.1) is 0 Å². The Bertz CT molecular complexity index is 2870. The third kappa shape index (κ3) is 6.67. The Labute approximate surface area is 338 Å². The Balaban J connectivity index is 1.13. The molecule has 10 aromatic rings. The summed E-state index contributed by atoms with van der Waals surface area (Å²) in [6.07, 6.45) is 5.24. The predicted octanol–water partition coefficient (Wildman–Crippen LogP) is 13.2. The Hall–Kier alpha value is -7.37. The van der Waals surface area contributed by atoms with Crippen molar-refractivity contribution in [2.24, 2.45) is 5.92 Å². The summed E-state index contributed by atoms with van der Waals surface area (Å²) < 4.78 is 4.37. The molecular weight excluding hydrogens is 707 g/mol. The van der Waals surface area contributed by atoms with Crippen molar-refractivity contribution in [2.75, 3.05) is 0 Å². The zero-order chi connectivity index (χ0) is 39.0. The van der Waals surface area contributed by atoms with Crippen LogP contribution in [0.25, 0.3) is 90.0 Å². The Kier molecular flexibility index (Phi) is 9.04. The lowest BCUT2D eigenvalue weighted by molar-refractivity contribution is 0.647. The van der Waals surface area contributed by atoms with Crippen molar-refractivity contribution in [3.63, 3.8) is 0 Å². The summed E-state index contributed by atoms with van der Waals surface area (Å²) >= 11 is 0. The van der Waals surface area contributed by atoms with E-state index in [9.17, 15) is 0 Å². The second kappa shape index (κ2) is 14.9. The second-order valence-electron chi connectivity index (χ2n) is 15.3. The van der Waals surface area contributed by atoms with E-state index in [0.29, 0.717) is 5.92 Å². The van der Waals surface area contributed by atoms with Crippen LogP contribution in [0.2, 0.25) is 0 Å². The van der Waals surface area contributed by atoms with Gasteiger partial charge in [0.15, 0.2) is 0 Å². The van der Waals surface area contributed by atoms with Gasteiger partial charge in [-0.05, 0) is 77.6 Å². The zero-order valence-corrected chi connectivity index (χ0v) is 32.5. The number of imidazole rings is 2. The second-order valence-corrected chi connectivity index (χ2v) is 15.3. The van der Waals surface area contributed by atoms with Crippen LogP contribution < -0.4 is 0 Å². The van der Waals surface area contributed by atoms with E-state index < -0.39 is 0 Å². The van der Waals surface area contributed by atoms with E-state index in [1.54, 1.807) is 0 Å². The molecule has 10 rings (SSSR count). The van der Waals surface area contributed by atoms with Crippen molar-refractivity contribution in [3.05, 3.63) is 200 Å². The summed E-state index contributed by atoms with van der Waals surface area (Å²) in [5, 5.41) is 0. The molecule has 0 saturated heterocycles. The van der Waals surface area contributed by atoms with Crippen LogP contribution in [0.1, 0.15) is 19.4 Å². The van der Waals surface area contributed by atoms with Crippen LogP contribution >= 0.6 is 0 Å². The predicted molar refractivity (Wildman–Crippen MR) is 238 cm³/mol. The topological polar surface area (TPSA) is 47.5 Å². The van der Waals surface area contributed by atoms with Gasteiger partial charge in [0.05, 0.1) is 34.2 Å². The summed E-state index contributed by atoms with van der Waals surface area (Å²) in [6.45, 7) is 4.53. The van der Waals surface area contributed by atoms with Crippen LogP contribution in [0.5, 0.6) is 0 Å². The molecule has 0 radical (unpaired) electrons. The lowest BCUT2D eigenvalue weighted by Crippen LogP contribution is -1.95. The smallest absolute Gasteiger partial charge is 0.137 e. The van der Waals surface area contributed by atoms with Crippen LogP contribution in [0.15, 0.2) is 194 Å². The number of fused-ring (bicyclic) bond motifs is 2. The fourth-order valence-electron chi connectivity index (χ4n) is 8.09. The van der Waals surface area contributed by atoms with Gasteiger partial charge in [0.1, 0.15) is 11.3 Å². The minimum atomic E-state index is 0.593. The van der Waals surface area contributed by atoms with Crippen molar-refractivity contribution in [1.82, 2.24) is 23.8 Å². The first-order valence-electron chi connectivity index (χ1n) is 19.9. The van der Waals surface area contributed by atoms with Crippen molar-refractivity contribution in [2.45, 2.75) is 20.3 Å². The number of pyridine rings is 3. The number of hydrogen-bond acceptors (Lipinski definition) is 3. The van der Waals surface area contributed by atoms with E-state index >= 15 is 0 Å². The molecule has 0 saturated carbocycles. The molecule has 0 aliphatic heterocycles. The lowest BCUT2D eigenvalue weighted by atomic mass is 9.95. The van der Waals surface area contributed by atoms with E-state index in [0.717, 1.165) is 96.4 Å². The van der Waals surface area contributed by atoms with E-state index in [1.165, 1.54) is 5.56 Å². The molecular formula is C53H41N5. The molecule has 5 nitrogen and oxygen atoms in total. The van der Waals surface area contributed by atoms with Gasteiger partial charge < -0.3 is 0 Å². The van der Waals surface area contributed by atoms with Gasteiger partial charge in [0.25, 0.3) is 0 Å². The number of rotatable bonds is 9. The van der Waals surface area contributed by atoms with Crippen LogP contribution in [0.4, 0.5) is 0 Å². The van der Waals surface area contributed by atoms with Gasteiger partial charge in [0, 0.05) is 45.8 Å². The van der Waals surface area contributed by atoms with Gasteiger partial charge >= 0.3 is 0 Å². The Morgan fingerprint density at radius 3 is 1.31 bits per heavy atom. The molecule has 5 heteroatoms. The van der Waals surface area contributed by atoms with Gasteiger partial charge in [0.2, 0.25) is 0 Å². The largest absolute Gasteiger partial charge is 0.299 e. The minimum absolute atomic E-state index is 0.593. The van der Waals surface area contributed by atoms with E-state index in [2.05, 4.69) is 193 Å². The lowest BCUT2D eigenvalue weighted by Gasteiger charge is -2.13. The van der Waals surface area contributed by atoms with Crippen LogP contribution in [-0.4, -0.2) is 23.8 Å². The van der Waals surface area contributed by atoms with Gasteiger partial charge in [-0.3, -0.25) is 8.80 Å². The maximum absolute atomic E-state index is 5.44. The molecule has 0 aliphatic carbocycles. The van der Waals surface area contributed by atoms with E-state index in [4.69, 9.17) is 15.0 Å². The Morgan fingerprint density at radius 1 is 0.379 bits per heavy atom. The summed E-state index contributed by atoms with van der Waals surface area (Å²) in [5.41, 5.74) is 17.6. The SMILES string of the molecule is CC(C)Cc1ccc(-c2cc(-c3cccc(-c4c(-c5ccccc5)nc5ccccn45)c3)nc(-c3cccc(-c4c(-c5ccccc5)nc5ccccn45)c3)c2)cc1. The molecule has 0 amide bonds. The first kappa shape index (κ1) is 35.1. The van der Waals surface area contributed by atoms with Gasteiger partial charge in [-0.25, -0.2) is 15.0 Å². The third-order valence-corrected chi connectivity index (χ3v) is 10.8. The molecule has 0 bridgehead atoms. The Morgan fingerprint density at radius 2 is 0.828 bits per heavy atom. The van der Waals surface area contributed by atoms with Crippen molar-refractivity contribution >= 4 is 11.3 Å². The highest BCUT2D eigenvalue weighted by molar-refractivity contribution is 5.87. The number of nitrogens with zero attached hydrogens (tertiary/aromatic N) is 5. The number of hydrogen-bond donors (Lipinski definition) is 0. The molecule has 5 aromatic carbocycles. The fourth-order valence-corrected chi connectivity index (χ4v) is 8.09. The van der Waals surface area contributed by atoms with Crippen molar-refractivity contribution in [3.8, 4) is 78.7 Å². The molecule has 0 unspecified atom stereocenters. The normalized spacial score (nSPS) is 11.5. The van der Waals surface area contributed by atoms with Crippen LogP contribution in [0.3, 0.4) is 0 Å². The number of benzene rings is 5. The maximum atomic E-state index is 5.44. The first-order chi connectivity index (χ1) is 28.6. The average molecular weight is 748 g/mol. The summed E-state index contributed by atoms with van der Waals surface area (Å²) in [5.74, 6) is 0.593. The van der Waals surface area contributed by atoms with Crippen molar-refractivity contribution < 1.29 is 0 Å². The molecule has 278 valence electrons. The first-order valence-corrected chi connectivity index (χ1v) is 19.9. The van der Waals surface area contributed by atoms with Crippen LogP contribution in [0, 0.1) is 5.92 Å². The molecule has 0 spiro atoms. The van der Waals surface area contributed by atoms with Crippen LogP contribution in [-0.2, 0) is 6.42 Å². The minimum Gasteiger partial charge on any atom is -0.299 e. The molecule has 0 fully saturated rings. The van der Waals surface area contributed by atoms with E-state index in [1.807, 2.05) is 24.3 Å². The van der Waals surface area contributed by atoms with Gasteiger partial charge in [-0.1, -0.05) is 147 Å². The molecule has 5 heterocycles. The molecule has 0 atom stereocenters. The fraction of sp³-hybridized carbons (Fsp3) is 0.0755. The molecule has 5 aromatic heterocycles. The highest BCUT2D eigenvalue weighted by Gasteiger charge is 2.19. The molecule has 0 N–H and O–H groups in total. The summed E-state index contributed by atoms with van der Waals surface area (Å²) in [4.78, 5) is 15.7.